The molecule has 0 bridgehead atoms. The lowest BCUT2D eigenvalue weighted by Gasteiger charge is -2.08. The van der Waals surface area contributed by atoms with Crippen molar-refractivity contribution in [3.63, 3.8) is 0 Å². The molecular formula is C22H24ClN3O2. The molecule has 0 unspecified atom stereocenters. The number of amides is 1. The van der Waals surface area contributed by atoms with Gasteiger partial charge in [0, 0.05) is 35.0 Å². The van der Waals surface area contributed by atoms with Crippen molar-refractivity contribution in [3.8, 4) is 16.9 Å². The van der Waals surface area contributed by atoms with Crippen molar-refractivity contribution >= 4 is 17.5 Å². The van der Waals surface area contributed by atoms with Crippen LogP contribution in [0.5, 0.6) is 0 Å². The van der Waals surface area contributed by atoms with Crippen molar-refractivity contribution in [2.24, 2.45) is 0 Å². The molecule has 2 aromatic carbocycles. The Morgan fingerprint density at radius 2 is 1.96 bits per heavy atom. The largest absolute Gasteiger partial charge is 0.396 e. The Bertz CT molecular complexity index is 949. The van der Waals surface area contributed by atoms with E-state index in [1.807, 2.05) is 68.6 Å². The van der Waals surface area contributed by atoms with Gasteiger partial charge in [-0.15, -0.1) is 0 Å². The number of carbonyl (C=O) groups excluding carboxylic acids is 1. The minimum absolute atomic E-state index is 0.0453. The number of halogens is 1. The maximum Gasteiger partial charge on any atom is 0.224 e. The van der Waals surface area contributed by atoms with Crippen LogP contribution in [0.3, 0.4) is 0 Å². The lowest BCUT2D eigenvalue weighted by molar-refractivity contribution is -0.120. The van der Waals surface area contributed by atoms with Crippen molar-refractivity contribution in [3.05, 3.63) is 70.9 Å². The number of hydrogen-bond acceptors (Lipinski definition) is 3. The van der Waals surface area contributed by atoms with Gasteiger partial charge in [0.15, 0.2) is 0 Å². The molecule has 3 rings (SSSR count). The maximum atomic E-state index is 12.3. The molecule has 1 heterocycles. The highest BCUT2D eigenvalue weighted by Gasteiger charge is 2.16. The van der Waals surface area contributed by atoms with Gasteiger partial charge in [0.1, 0.15) is 0 Å². The molecule has 1 amide bonds. The lowest BCUT2D eigenvalue weighted by atomic mass is 10.1. The van der Waals surface area contributed by atoms with Crippen LogP contribution >= 0.6 is 11.6 Å². The van der Waals surface area contributed by atoms with Gasteiger partial charge in [-0.25, -0.2) is 4.68 Å². The predicted octanol–water partition coefficient (Wildman–Crippen LogP) is 3.79. The third-order valence-corrected chi connectivity index (χ3v) is 4.53. The van der Waals surface area contributed by atoms with Crippen LogP contribution in [0.15, 0.2) is 54.7 Å². The van der Waals surface area contributed by atoms with Crippen molar-refractivity contribution in [1.82, 2.24) is 15.1 Å². The van der Waals surface area contributed by atoms with E-state index in [-0.39, 0.29) is 25.0 Å². The zero-order valence-corrected chi connectivity index (χ0v) is 16.8. The fraction of sp³-hybridized carbons (Fsp3) is 0.273. The first-order chi connectivity index (χ1) is 13.5. The summed E-state index contributed by atoms with van der Waals surface area (Å²) in [7, 11) is 0. The monoisotopic (exact) mass is 397 g/mol. The number of nitrogens with zero attached hydrogens (tertiary/aromatic N) is 2. The lowest BCUT2D eigenvalue weighted by Crippen LogP contribution is -2.31. The average Bonchev–Trinajstić information content (AvgIpc) is 3.05. The quantitative estimate of drug-likeness (QED) is 0.637. The molecule has 146 valence electrons. The van der Waals surface area contributed by atoms with Crippen molar-refractivity contribution in [2.45, 2.75) is 32.7 Å². The van der Waals surface area contributed by atoms with Gasteiger partial charge >= 0.3 is 0 Å². The molecule has 0 atom stereocenters. The van der Waals surface area contributed by atoms with Crippen LogP contribution in [0.2, 0.25) is 5.02 Å². The number of aliphatic hydroxyl groups is 1. The predicted molar refractivity (Wildman–Crippen MR) is 112 cm³/mol. The van der Waals surface area contributed by atoms with E-state index in [1.165, 1.54) is 0 Å². The summed E-state index contributed by atoms with van der Waals surface area (Å²) in [5.74, 6) is -0.0453. The van der Waals surface area contributed by atoms with Crippen LogP contribution in [0.4, 0.5) is 0 Å². The second-order valence-electron chi connectivity index (χ2n) is 7.00. The number of rotatable bonds is 7. The summed E-state index contributed by atoms with van der Waals surface area (Å²) in [6.45, 7) is 4.00. The zero-order chi connectivity index (χ0) is 20.1. The Morgan fingerprint density at radius 1 is 1.21 bits per heavy atom. The van der Waals surface area contributed by atoms with Gasteiger partial charge in [0.25, 0.3) is 0 Å². The molecule has 0 aliphatic heterocycles. The van der Waals surface area contributed by atoms with Gasteiger partial charge in [0.2, 0.25) is 5.91 Å². The number of benzene rings is 2. The van der Waals surface area contributed by atoms with E-state index in [2.05, 4.69) is 5.32 Å². The minimum atomic E-state index is -0.0453. The number of carbonyl (C=O) groups is 1. The minimum Gasteiger partial charge on any atom is -0.396 e. The van der Waals surface area contributed by atoms with Gasteiger partial charge in [-0.3, -0.25) is 4.79 Å². The fourth-order valence-electron chi connectivity index (χ4n) is 3.04. The second-order valence-corrected chi connectivity index (χ2v) is 7.43. The first-order valence-electron chi connectivity index (χ1n) is 9.30. The summed E-state index contributed by atoms with van der Waals surface area (Å²) in [5.41, 5.74) is 4.39. The Kier molecular flexibility index (Phi) is 6.49. The molecule has 28 heavy (non-hydrogen) atoms. The second kappa shape index (κ2) is 9.04. The number of hydrogen-bond donors (Lipinski definition) is 2. The van der Waals surface area contributed by atoms with Gasteiger partial charge in [0.05, 0.1) is 17.8 Å². The molecule has 0 saturated heterocycles. The Morgan fingerprint density at radius 3 is 2.61 bits per heavy atom. The van der Waals surface area contributed by atoms with E-state index in [0.29, 0.717) is 11.4 Å². The molecule has 3 aromatic rings. The van der Waals surface area contributed by atoms with Gasteiger partial charge < -0.3 is 10.4 Å². The van der Waals surface area contributed by atoms with Crippen molar-refractivity contribution in [2.75, 3.05) is 6.61 Å². The summed E-state index contributed by atoms with van der Waals surface area (Å²) in [6.07, 6.45) is 2.74. The van der Waals surface area contributed by atoms with Crippen LogP contribution in [-0.4, -0.2) is 33.4 Å². The number of aliphatic hydroxyl groups excluding tert-OH is 1. The van der Waals surface area contributed by atoms with E-state index < -0.39 is 0 Å². The molecule has 0 saturated carbocycles. The van der Waals surface area contributed by atoms with Crippen LogP contribution in [-0.2, 0) is 17.6 Å². The number of aromatic nitrogens is 2. The highest BCUT2D eigenvalue weighted by atomic mass is 35.5. The molecule has 0 radical (unpaired) electrons. The molecule has 6 heteroatoms. The Hall–Kier alpha value is -2.63. The van der Waals surface area contributed by atoms with Crippen molar-refractivity contribution < 1.29 is 9.90 Å². The smallest absolute Gasteiger partial charge is 0.224 e. The third-order valence-electron chi connectivity index (χ3n) is 4.29. The average molecular weight is 398 g/mol. The fourth-order valence-corrected chi connectivity index (χ4v) is 3.23. The zero-order valence-electron chi connectivity index (χ0n) is 16.0. The van der Waals surface area contributed by atoms with E-state index >= 15 is 0 Å². The van der Waals surface area contributed by atoms with Crippen LogP contribution in [0.1, 0.15) is 25.0 Å². The number of nitrogens with one attached hydrogen (secondary N) is 1. The Labute approximate surface area is 170 Å². The molecule has 0 spiro atoms. The van der Waals surface area contributed by atoms with Gasteiger partial charge in [-0.05, 0) is 50.1 Å². The summed E-state index contributed by atoms with van der Waals surface area (Å²) in [4.78, 5) is 12.3. The highest BCUT2D eigenvalue weighted by molar-refractivity contribution is 6.30. The first kappa shape index (κ1) is 20.1. The summed E-state index contributed by atoms with van der Waals surface area (Å²) >= 11 is 6.16. The van der Waals surface area contributed by atoms with E-state index in [0.717, 1.165) is 28.1 Å². The third kappa shape index (κ3) is 5.00. The normalized spacial score (nSPS) is 11.0. The Balaban J connectivity index is 1.98. The maximum absolute atomic E-state index is 12.3. The van der Waals surface area contributed by atoms with E-state index in [9.17, 15) is 4.79 Å². The van der Waals surface area contributed by atoms with E-state index in [1.54, 1.807) is 4.68 Å². The standard InChI is InChI=1S/C22H24ClN3O2/c1-15(2)24-21(28)13-18-14-26(20-8-6-16(7-9-20)10-11-27)25-22(18)17-4-3-5-19(23)12-17/h3-9,12,14-15,27H,10-11,13H2,1-2H3,(H,24,28). The molecular weight excluding hydrogens is 374 g/mol. The molecule has 0 aliphatic carbocycles. The topological polar surface area (TPSA) is 67.2 Å². The molecule has 2 N–H and O–H groups in total. The molecule has 1 aromatic heterocycles. The summed E-state index contributed by atoms with van der Waals surface area (Å²) in [6, 6.07) is 15.4. The molecule has 0 aliphatic rings. The van der Waals surface area contributed by atoms with Crippen molar-refractivity contribution in [1.29, 1.82) is 0 Å². The first-order valence-corrected chi connectivity index (χ1v) is 9.68. The van der Waals surface area contributed by atoms with Crippen LogP contribution in [0, 0.1) is 0 Å². The summed E-state index contributed by atoms with van der Waals surface area (Å²) < 4.78 is 1.77. The highest BCUT2D eigenvalue weighted by Crippen LogP contribution is 2.26. The van der Waals surface area contributed by atoms with Gasteiger partial charge in [-0.1, -0.05) is 35.9 Å². The van der Waals surface area contributed by atoms with Crippen LogP contribution < -0.4 is 5.32 Å². The summed E-state index contributed by atoms with van der Waals surface area (Å²) in [5, 5.41) is 17.4. The van der Waals surface area contributed by atoms with Crippen LogP contribution in [0.25, 0.3) is 16.9 Å². The molecule has 5 nitrogen and oxygen atoms in total. The van der Waals surface area contributed by atoms with Gasteiger partial charge in [-0.2, -0.15) is 5.10 Å². The molecule has 0 fully saturated rings. The van der Waals surface area contributed by atoms with E-state index in [4.69, 9.17) is 21.8 Å². The SMILES string of the molecule is CC(C)NC(=O)Cc1cn(-c2ccc(CCO)cc2)nc1-c1cccc(Cl)c1.